The Morgan fingerprint density at radius 1 is 1.14 bits per heavy atom. The van der Waals surface area contributed by atoms with Crippen LogP contribution in [0.2, 0.25) is 0 Å². The summed E-state index contributed by atoms with van der Waals surface area (Å²) in [4.78, 5) is 8.64. The third-order valence-corrected chi connectivity index (χ3v) is 3.24. The van der Waals surface area contributed by atoms with Crippen LogP contribution in [0.4, 0.5) is 0 Å². The topological polar surface area (TPSA) is 58.8 Å². The molecule has 0 fully saturated rings. The third-order valence-electron chi connectivity index (χ3n) is 3.24. The van der Waals surface area contributed by atoms with E-state index in [1.807, 2.05) is 50.2 Å². The van der Waals surface area contributed by atoms with Crippen molar-refractivity contribution in [2.45, 2.75) is 13.8 Å². The normalized spacial score (nSPS) is 10.3. The molecule has 0 radical (unpaired) electrons. The monoisotopic (exact) mass is 275 g/mol. The molecule has 3 aromatic rings. The van der Waals surface area contributed by atoms with Gasteiger partial charge in [0.05, 0.1) is 5.52 Å². The van der Waals surface area contributed by atoms with Crippen molar-refractivity contribution >= 4 is 10.9 Å². The van der Waals surface area contributed by atoms with E-state index in [4.69, 9.17) is 4.74 Å². The molecule has 3 rings (SSSR count). The van der Waals surface area contributed by atoms with E-state index in [1.165, 1.54) is 0 Å². The van der Waals surface area contributed by atoms with Crippen LogP contribution < -0.4 is 4.74 Å². The fourth-order valence-electron chi connectivity index (χ4n) is 2.28. The van der Waals surface area contributed by atoms with E-state index < -0.39 is 0 Å². The van der Waals surface area contributed by atoms with Gasteiger partial charge in [-0.05, 0) is 49.7 Å². The summed E-state index contributed by atoms with van der Waals surface area (Å²) in [6.45, 7) is 3.76. The van der Waals surface area contributed by atoms with Crippen molar-refractivity contribution in [3.63, 3.8) is 0 Å². The number of ether oxygens (including phenoxy) is 1. The Kier molecular flexibility index (Phi) is 3.25. The standard InChI is InChI=1S/C17H13N3O/c1-11-9-12(2)20-17(14(11)10-18)21-16-7-3-6-15-13(16)5-4-8-19-15/h3-9H,1-2H3. The first-order valence-corrected chi connectivity index (χ1v) is 6.59. The summed E-state index contributed by atoms with van der Waals surface area (Å²) in [5.41, 5.74) is 2.98. The first-order valence-electron chi connectivity index (χ1n) is 6.59. The van der Waals surface area contributed by atoms with Crippen LogP contribution >= 0.6 is 0 Å². The number of hydrogen-bond donors (Lipinski definition) is 0. The average molecular weight is 275 g/mol. The molecule has 0 amide bonds. The van der Waals surface area contributed by atoms with E-state index >= 15 is 0 Å². The summed E-state index contributed by atoms with van der Waals surface area (Å²) in [7, 11) is 0. The lowest BCUT2D eigenvalue weighted by molar-refractivity contribution is 0.464. The van der Waals surface area contributed by atoms with Crippen molar-refractivity contribution in [3.8, 4) is 17.7 Å². The van der Waals surface area contributed by atoms with Gasteiger partial charge < -0.3 is 4.74 Å². The van der Waals surface area contributed by atoms with Crippen molar-refractivity contribution < 1.29 is 4.74 Å². The van der Waals surface area contributed by atoms with Crippen LogP contribution in [0.5, 0.6) is 11.6 Å². The lowest BCUT2D eigenvalue weighted by Crippen LogP contribution is -1.97. The number of pyridine rings is 2. The SMILES string of the molecule is Cc1cc(C)c(C#N)c(Oc2cccc3ncccc23)n1. The maximum absolute atomic E-state index is 9.30. The number of aryl methyl sites for hydroxylation is 2. The lowest BCUT2D eigenvalue weighted by Gasteiger charge is -2.11. The van der Waals surface area contributed by atoms with Crippen LogP contribution in [0.25, 0.3) is 10.9 Å². The summed E-state index contributed by atoms with van der Waals surface area (Å²) >= 11 is 0. The number of benzene rings is 1. The van der Waals surface area contributed by atoms with Gasteiger partial charge in [0.25, 0.3) is 0 Å². The maximum Gasteiger partial charge on any atom is 0.237 e. The molecule has 0 unspecified atom stereocenters. The van der Waals surface area contributed by atoms with Gasteiger partial charge in [0, 0.05) is 17.3 Å². The van der Waals surface area contributed by atoms with Crippen molar-refractivity contribution in [2.24, 2.45) is 0 Å². The van der Waals surface area contributed by atoms with Crippen molar-refractivity contribution in [2.75, 3.05) is 0 Å². The largest absolute Gasteiger partial charge is 0.437 e. The molecule has 2 aromatic heterocycles. The first-order chi connectivity index (χ1) is 10.2. The van der Waals surface area contributed by atoms with Gasteiger partial charge in [-0.2, -0.15) is 5.26 Å². The van der Waals surface area contributed by atoms with E-state index in [0.29, 0.717) is 17.2 Å². The van der Waals surface area contributed by atoms with E-state index in [2.05, 4.69) is 16.0 Å². The Hall–Kier alpha value is -2.93. The zero-order valence-corrected chi connectivity index (χ0v) is 11.8. The number of hydrogen-bond acceptors (Lipinski definition) is 4. The quantitative estimate of drug-likeness (QED) is 0.711. The minimum atomic E-state index is 0.339. The highest BCUT2D eigenvalue weighted by Gasteiger charge is 2.12. The molecular formula is C17H13N3O. The molecule has 4 nitrogen and oxygen atoms in total. The fraction of sp³-hybridized carbons (Fsp3) is 0.118. The van der Waals surface area contributed by atoms with Crippen LogP contribution in [-0.2, 0) is 0 Å². The summed E-state index contributed by atoms with van der Waals surface area (Å²) in [5.74, 6) is 0.987. The molecule has 0 bridgehead atoms. The highest BCUT2D eigenvalue weighted by Crippen LogP contribution is 2.30. The second-order valence-electron chi connectivity index (χ2n) is 4.80. The van der Waals surface area contributed by atoms with Crippen molar-refractivity contribution in [3.05, 3.63) is 59.4 Å². The molecule has 0 saturated heterocycles. The fourth-order valence-corrected chi connectivity index (χ4v) is 2.28. The summed E-state index contributed by atoms with van der Waals surface area (Å²) < 4.78 is 5.90. The van der Waals surface area contributed by atoms with Crippen LogP contribution in [0.15, 0.2) is 42.6 Å². The summed E-state index contributed by atoms with van der Waals surface area (Å²) in [6, 6.07) is 13.5. The van der Waals surface area contributed by atoms with E-state index in [1.54, 1.807) is 6.20 Å². The maximum atomic E-state index is 9.30. The number of fused-ring (bicyclic) bond motifs is 1. The van der Waals surface area contributed by atoms with Gasteiger partial charge in [0.2, 0.25) is 5.88 Å². The molecule has 0 aliphatic carbocycles. The van der Waals surface area contributed by atoms with Crippen LogP contribution in [0.1, 0.15) is 16.8 Å². The van der Waals surface area contributed by atoms with Gasteiger partial charge in [-0.1, -0.05) is 6.07 Å². The number of nitriles is 1. The highest BCUT2D eigenvalue weighted by atomic mass is 16.5. The first kappa shape index (κ1) is 13.1. The molecular weight excluding hydrogens is 262 g/mol. The Balaban J connectivity index is 2.14. The summed E-state index contributed by atoms with van der Waals surface area (Å²) in [6.07, 6.45) is 1.74. The molecule has 4 heteroatoms. The smallest absolute Gasteiger partial charge is 0.237 e. The Labute approximate surface area is 122 Å². The van der Waals surface area contributed by atoms with Gasteiger partial charge in [-0.25, -0.2) is 4.98 Å². The molecule has 0 saturated carbocycles. The van der Waals surface area contributed by atoms with Gasteiger partial charge in [-0.3, -0.25) is 4.98 Å². The second-order valence-corrected chi connectivity index (χ2v) is 4.80. The molecule has 0 aliphatic rings. The molecule has 0 atom stereocenters. The minimum Gasteiger partial charge on any atom is -0.437 e. The van der Waals surface area contributed by atoms with Gasteiger partial charge in [0.15, 0.2) is 0 Å². The Bertz CT molecular complexity index is 860. The number of nitrogens with zero attached hydrogens (tertiary/aromatic N) is 3. The zero-order chi connectivity index (χ0) is 14.8. The third kappa shape index (κ3) is 2.41. The predicted octanol–water partition coefficient (Wildman–Crippen LogP) is 3.91. The Morgan fingerprint density at radius 3 is 2.81 bits per heavy atom. The van der Waals surface area contributed by atoms with Gasteiger partial charge in [0.1, 0.15) is 17.4 Å². The number of aromatic nitrogens is 2. The zero-order valence-electron chi connectivity index (χ0n) is 11.8. The van der Waals surface area contributed by atoms with Crippen LogP contribution in [0, 0.1) is 25.2 Å². The van der Waals surface area contributed by atoms with Crippen LogP contribution in [-0.4, -0.2) is 9.97 Å². The lowest BCUT2D eigenvalue weighted by atomic mass is 10.1. The van der Waals surface area contributed by atoms with E-state index in [9.17, 15) is 5.26 Å². The van der Waals surface area contributed by atoms with Gasteiger partial charge >= 0.3 is 0 Å². The predicted molar refractivity (Wildman–Crippen MR) is 80.2 cm³/mol. The molecule has 102 valence electrons. The molecule has 0 spiro atoms. The Morgan fingerprint density at radius 2 is 2.00 bits per heavy atom. The second kappa shape index (κ2) is 5.22. The van der Waals surface area contributed by atoms with E-state index in [0.717, 1.165) is 22.2 Å². The molecule has 21 heavy (non-hydrogen) atoms. The average Bonchev–Trinajstić information content (AvgIpc) is 2.47. The summed E-state index contributed by atoms with van der Waals surface area (Å²) in [5, 5.41) is 10.2. The molecule has 2 heterocycles. The number of rotatable bonds is 2. The molecule has 0 aliphatic heterocycles. The van der Waals surface area contributed by atoms with Gasteiger partial charge in [-0.15, -0.1) is 0 Å². The highest BCUT2D eigenvalue weighted by molar-refractivity contribution is 5.85. The minimum absolute atomic E-state index is 0.339. The van der Waals surface area contributed by atoms with E-state index in [-0.39, 0.29) is 0 Å². The van der Waals surface area contributed by atoms with Crippen molar-refractivity contribution in [1.29, 1.82) is 5.26 Å². The molecule has 1 aromatic carbocycles. The van der Waals surface area contributed by atoms with Crippen LogP contribution in [0.3, 0.4) is 0 Å². The van der Waals surface area contributed by atoms with Crippen molar-refractivity contribution in [1.82, 2.24) is 9.97 Å². The molecule has 0 N–H and O–H groups in total.